The Hall–Kier alpha value is -2.89. The van der Waals surface area contributed by atoms with Crippen molar-refractivity contribution in [1.29, 1.82) is 0 Å². The zero-order valence-corrected chi connectivity index (χ0v) is 18.4. The minimum absolute atomic E-state index is 0.156. The van der Waals surface area contributed by atoms with E-state index in [2.05, 4.69) is 49.2 Å². The van der Waals surface area contributed by atoms with Crippen LogP contribution in [0.2, 0.25) is 5.02 Å². The Morgan fingerprint density at radius 3 is 2.63 bits per heavy atom. The molecule has 0 aliphatic carbocycles. The van der Waals surface area contributed by atoms with Gasteiger partial charge in [-0.15, -0.1) is 0 Å². The van der Waals surface area contributed by atoms with Crippen LogP contribution < -0.4 is 5.43 Å². The number of aromatic nitrogens is 1. The lowest BCUT2D eigenvalue weighted by molar-refractivity contribution is -0.120. The van der Waals surface area contributed by atoms with E-state index in [1.807, 2.05) is 60.8 Å². The number of carbonyl (C=O) groups excluding carboxylic acids is 1. The second kappa shape index (κ2) is 9.28. The maximum atomic E-state index is 12.2. The molecule has 4 rings (SSSR count). The number of hydrazone groups is 1. The maximum absolute atomic E-state index is 12.2. The number of nitrogens with zero attached hydrogens (tertiary/aromatic N) is 2. The van der Waals surface area contributed by atoms with Crippen molar-refractivity contribution in [3.05, 3.63) is 105 Å². The molecule has 0 bridgehead atoms. The number of nitrogens with one attached hydrogen (secondary N) is 1. The molecule has 1 heterocycles. The average molecular weight is 481 g/mol. The van der Waals surface area contributed by atoms with E-state index in [1.165, 1.54) is 0 Å². The molecule has 0 saturated heterocycles. The molecule has 150 valence electrons. The van der Waals surface area contributed by atoms with Gasteiger partial charge in [0.1, 0.15) is 0 Å². The highest BCUT2D eigenvalue weighted by Crippen LogP contribution is 2.22. The van der Waals surface area contributed by atoms with Gasteiger partial charge >= 0.3 is 0 Å². The number of carbonyl (C=O) groups is 1. The standard InChI is InChI=1S/C24H19BrClN3O/c25-20-10-8-17(9-11-20)13-24(30)28-27-14-19-16-29(23-7-2-1-6-22(19)23)15-18-4-3-5-21(26)12-18/h1-12,14,16H,13,15H2,(H,28,30)/b27-14-. The summed E-state index contributed by atoms with van der Waals surface area (Å²) < 4.78 is 3.14. The third-order valence-electron chi connectivity index (χ3n) is 4.73. The summed E-state index contributed by atoms with van der Waals surface area (Å²) in [4.78, 5) is 12.2. The summed E-state index contributed by atoms with van der Waals surface area (Å²) in [5.41, 5.74) is 6.71. The van der Waals surface area contributed by atoms with Gasteiger partial charge in [0.2, 0.25) is 5.91 Å². The van der Waals surface area contributed by atoms with E-state index in [1.54, 1.807) is 6.21 Å². The Balaban J connectivity index is 1.49. The molecule has 3 aromatic carbocycles. The van der Waals surface area contributed by atoms with Crippen LogP contribution in [-0.4, -0.2) is 16.7 Å². The smallest absolute Gasteiger partial charge is 0.244 e. The van der Waals surface area contributed by atoms with E-state index in [-0.39, 0.29) is 12.3 Å². The molecule has 0 radical (unpaired) electrons. The van der Waals surface area contributed by atoms with E-state index >= 15 is 0 Å². The summed E-state index contributed by atoms with van der Waals surface area (Å²) in [6.07, 6.45) is 4.01. The average Bonchev–Trinajstić information content (AvgIpc) is 3.07. The lowest BCUT2D eigenvalue weighted by Crippen LogP contribution is -2.19. The number of benzene rings is 3. The molecule has 30 heavy (non-hydrogen) atoms. The van der Waals surface area contributed by atoms with Crippen molar-refractivity contribution < 1.29 is 4.79 Å². The normalized spacial score (nSPS) is 11.3. The van der Waals surface area contributed by atoms with E-state index in [0.717, 1.165) is 37.1 Å². The van der Waals surface area contributed by atoms with Crippen molar-refractivity contribution in [2.24, 2.45) is 5.10 Å². The van der Waals surface area contributed by atoms with Crippen LogP contribution in [0.25, 0.3) is 10.9 Å². The molecule has 1 aromatic heterocycles. The molecule has 4 nitrogen and oxygen atoms in total. The molecule has 0 aliphatic heterocycles. The van der Waals surface area contributed by atoms with Crippen LogP contribution in [-0.2, 0) is 17.8 Å². The Labute approximate surface area is 188 Å². The molecule has 6 heteroatoms. The monoisotopic (exact) mass is 479 g/mol. The number of halogens is 2. The summed E-state index contributed by atoms with van der Waals surface area (Å²) in [5.74, 6) is -0.156. The van der Waals surface area contributed by atoms with Gasteiger partial charge in [0.15, 0.2) is 0 Å². The molecule has 4 aromatic rings. The lowest BCUT2D eigenvalue weighted by Gasteiger charge is -2.05. The van der Waals surface area contributed by atoms with Gasteiger partial charge in [0.25, 0.3) is 0 Å². The first-order chi connectivity index (χ1) is 14.6. The van der Waals surface area contributed by atoms with Crippen molar-refractivity contribution in [2.75, 3.05) is 0 Å². The second-order valence-electron chi connectivity index (χ2n) is 6.96. The van der Waals surface area contributed by atoms with Crippen LogP contribution in [0.5, 0.6) is 0 Å². The number of para-hydroxylation sites is 1. The predicted octanol–water partition coefficient (Wildman–Crippen LogP) is 5.80. The molecule has 0 fully saturated rings. The molecule has 0 spiro atoms. The van der Waals surface area contributed by atoms with Gasteiger partial charge in [0.05, 0.1) is 12.6 Å². The fourth-order valence-electron chi connectivity index (χ4n) is 3.34. The van der Waals surface area contributed by atoms with Gasteiger partial charge < -0.3 is 4.57 Å². The largest absolute Gasteiger partial charge is 0.342 e. The van der Waals surface area contributed by atoms with E-state index in [9.17, 15) is 4.79 Å². The highest BCUT2D eigenvalue weighted by Gasteiger charge is 2.08. The number of rotatable bonds is 6. The van der Waals surface area contributed by atoms with Crippen molar-refractivity contribution in [3.8, 4) is 0 Å². The summed E-state index contributed by atoms with van der Waals surface area (Å²) in [6.45, 7) is 0.699. The zero-order valence-electron chi connectivity index (χ0n) is 16.1. The fourth-order valence-corrected chi connectivity index (χ4v) is 3.82. The molecule has 0 saturated carbocycles. The number of amides is 1. The Morgan fingerprint density at radius 2 is 1.83 bits per heavy atom. The van der Waals surface area contributed by atoms with Gasteiger partial charge in [-0.25, -0.2) is 5.43 Å². The Kier molecular flexibility index (Phi) is 6.31. The quantitative estimate of drug-likeness (QED) is 0.275. The van der Waals surface area contributed by atoms with Gasteiger partial charge in [-0.1, -0.05) is 70.0 Å². The van der Waals surface area contributed by atoms with E-state index in [0.29, 0.717) is 6.54 Å². The summed E-state index contributed by atoms with van der Waals surface area (Å²) in [7, 11) is 0. The van der Waals surface area contributed by atoms with Gasteiger partial charge in [-0.05, 0) is 41.5 Å². The van der Waals surface area contributed by atoms with Gasteiger partial charge in [0, 0.05) is 38.7 Å². The highest BCUT2D eigenvalue weighted by molar-refractivity contribution is 9.10. The number of fused-ring (bicyclic) bond motifs is 1. The summed E-state index contributed by atoms with van der Waals surface area (Å²) >= 11 is 9.52. The first-order valence-corrected chi connectivity index (χ1v) is 10.6. The number of hydrogen-bond acceptors (Lipinski definition) is 2. The van der Waals surface area contributed by atoms with Crippen molar-refractivity contribution >= 4 is 50.6 Å². The van der Waals surface area contributed by atoms with Crippen LogP contribution in [0.1, 0.15) is 16.7 Å². The third kappa shape index (κ3) is 4.99. The molecule has 1 amide bonds. The van der Waals surface area contributed by atoms with Crippen molar-refractivity contribution in [1.82, 2.24) is 9.99 Å². The first kappa shape index (κ1) is 20.4. The Bertz CT molecular complexity index is 1210. The molecule has 1 N–H and O–H groups in total. The number of hydrogen-bond donors (Lipinski definition) is 1. The first-order valence-electron chi connectivity index (χ1n) is 9.47. The second-order valence-corrected chi connectivity index (χ2v) is 8.31. The van der Waals surface area contributed by atoms with E-state index < -0.39 is 0 Å². The zero-order chi connectivity index (χ0) is 20.9. The summed E-state index contributed by atoms with van der Waals surface area (Å²) in [5, 5.41) is 5.97. The maximum Gasteiger partial charge on any atom is 0.244 e. The lowest BCUT2D eigenvalue weighted by atomic mass is 10.1. The predicted molar refractivity (Wildman–Crippen MR) is 126 cm³/mol. The molecule has 0 unspecified atom stereocenters. The van der Waals surface area contributed by atoms with Crippen LogP contribution in [0.15, 0.2) is 88.6 Å². The van der Waals surface area contributed by atoms with E-state index in [4.69, 9.17) is 11.6 Å². The van der Waals surface area contributed by atoms with Crippen LogP contribution in [0.3, 0.4) is 0 Å². The third-order valence-corrected chi connectivity index (χ3v) is 5.50. The van der Waals surface area contributed by atoms with Crippen LogP contribution in [0.4, 0.5) is 0 Å². The topological polar surface area (TPSA) is 46.4 Å². The molecule has 0 atom stereocenters. The SMILES string of the molecule is O=C(Cc1ccc(Br)cc1)N/N=C\c1cn(Cc2cccc(Cl)c2)c2ccccc12. The van der Waals surface area contributed by atoms with Crippen LogP contribution in [0, 0.1) is 0 Å². The van der Waals surface area contributed by atoms with Gasteiger partial charge in [-0.3, -0.25) is 4.79 Å². The van der Waals surface area contributed by atoms with Crippen LogP contribution >= 0.6 is 27.5 Å². The minimum Gasteiger partial charge on any atom is -0.342 e. The fraction of sp³-hybridized carbons (Fsp3) is 0.0833. The minimum atomic E-state index is -0.156. The molecular formula is C24H19BrClN3O. The molecular weight excluding hydrogens is 462 g/mol. The highest BCUT2D eigenvalue weighted by atomic mass is 79.9. The Morgan fingerprint density at radius 1 is 1.03 bits per heavy atom. The van der Waals surface area contributed by atoms with Crippen molar-refractivity contribution in [3.63, 3.8) is 0 Å². The summed E-state index contributed by atoms with van der Waals surface area (Å²) in [6, 6.07) is 23.6. The van der Waals surface area contributed by atoms with Crippen molar-refractivity contribution in [2.45, 2.75) is 13.0 Å². The van der Waals surface area contributed by atoms with Gasteiger partial charge in [-0.2, -0.15) is 5.10 Å². The molecule has 0 aliphatic rings.